The Morgan fingerprint density at radius 3 is 1.92 bits per heavy atom. The van der Waals surface area contributed by atoms with E-state index in [2.05, 4.69) is 86.1 Å². The molecule has 1 aromatic heterocycles. The van der Waals surface area contributed by atoms with Gasteiger partial charge in [-0.2, -0.15) is 5.10 Å². The van der Waals surface area contributed by atoms with Gasteiger partial charge in [-0.3, -0.25) is 5.10 Å². The summed E-state index contributed by atoms with van der Waals surface area (Å²) in [4.78, 5) is 0. The summed E-state index contributed by atoms with van der Waals surface area (Å²) < 4.78 is 12.2. The number of hydrogen-bond donors (Lipinski definition) is 1. The number of nitrogens with zero attached hydrogens (tertiary/aromatic N) is 1. The van der Waals surface area contributed by atoms with E-state index in [4.69, 9.17) is 4.74 Å². The number of benzene rings is 2. The fraction of sp³-hybridized carbons (Fsp3) is 0.469. The van der Waals surface area contributed by atoms with E-state index in [0.29, 0.717) is 6.61 Å². The molecule has 0 amide bonds. The summed E-state index contributed by atoms with van der Waals surface area (Å²) in [5.41, 5.74) is 3.96. The number of aromatic nitrogens is 2. The Labute approximate surface area is 224 Å². The van der Waals surface area contributed by atoms with Crippen molar-refractivity contribution in [1.82, 2.24) is 10.2 Å². The molecule has 0 aliphatic heterocycles. The second kappa shape index (κ2) is 18.3. The van der Waals surface area contributed by atoms with Gasteiger partial charge in [0, 0.05) is 6.20 Å². The summed E-state index contributed by atoms with van der Waals surface area (Å²) in [6, 6.07) is 19.5. The van der Waals surface area contributed by atoms with Crippen molar-refractivity contribution in [3.63, 3.8) is 0 Å². The van der Waals surface area contributed by atoms with Gasteiger partial charge < -0.3 is 0 Å². The van der Waals surface area contributed by atoms with Gasteiger partial charge in [-0.1, -0.05) is 6.08 Å². The van der Waals surface area contributed by atoms with E-state index in [-0.39, 0.29) is 0 Å². The van der Waals surface area contributed by atoms with E-state index >= 15 is 0 Å². The molecule has 0 bridgehead atoms. The van der Waals surface area contributed by atoms with Crippen molar-refractivity contribution in [2.75, 3.05) is 0 Å². The van der Waals surface area contributed by atoms with Gasteiger partial charge in [-0.25, -0.2) is 0 Å². The van der Waals surface area contributed by atoms with Crippen LogP contribution in [0.3, 0.4) is 0 Å². The topological polar surface area (TPSA) is 37.9 Å². The minimum absolute atomic E-state index is 0.646. The van der Waals surface area contributed by atoms with Gasteiger partial charge in [0.1, 0.15) is 0 Å². The van der Waals surface area contributed by atoms with Crippen LogP contribution in [0, 0.1) is 0 Å². The quantitative estimate of drug-likeness (QED) is 0.132. The van der Waals surface area contributed by atoms with Gasteiger partial charge in [-0.15, -0.1) is 6.58 Å². The number of hydrogen-bond acceptors (Lipinski definition) is 2. The molecule has 2 aromatic carbocycles. The Kier molecular flexibility index (Phi) is 15.3. The third-order valence-electron chi connectivity index (χ3n) is 6.87. The van der Waals surface area contributed by atoms with Crippen molar-refractivity contribution < 1.29 is 4.74 Å². The summed E-state index contributed by atoms with van der Waals surface area (Å²) in [5.74, 6) is 0.990. The van der Waals surface area contributed by atoms with Crippen LogP contribution in [0.5, 0.6) is 5.75 Å². The summed E-state index contributed by atoms with van der Waals surface area (Å²) in [5, 5.41) is 6.48. The normalized spacial score (nSPS) is 11.0. The van der Waals surface area contributed by atoms with Gasteiger partial charge in [-0.05, 0) is 12.0 Å². The van der Waals surface area contributed by atoms with E-state index in [1.54, 1.807) is 25.1 Å². The van der Waals surface area contributed by atoms with Crippen molar-refractivity contribution in [3.8, 4) is 5.75 Å². The number of rotatable bonds is 16. The maximum absolute atomic E-state index is 5.99. The first-order chi connectivity index (χ1) is 17.6. The molecule has 3 nitrogen and oxygen atoms in total. The molecule has 196 valence electrons. The zero-order chi connectivity index (χ0) is 25.9. The van der Waals surface area contributed by atoms with Crippen LogP contribution in [-0.2, 0) is 17.5 Å². The molecule has 0 atom stereocenters. The third-order valence-corrected chi connectivity index (χ3v) is 22.3. The summed E-state index contributed by atoms with van der Waals surface area (Å²) >= 11 is -2.10. The van der Waals surface area contributed by atoms with Gasteiger partial charge in [0.25, 0.3) is 0 Å². The molecule has 1 heterocycles. The molecule has 1 N–H and O–H groups in total. The molecule has 0 aliphatic carbocycles. The van der Waals surface area contributed by atoms with Crippen molar-refractivity contribution in [2.24, 2.45) is 0 Å². The predicted molar refractivity (Wildman–Crippen MR) is 158 cm³/mol. The number of unbranched alkanes of at least 4 members (excludes halogenated alkanes) is 3. The third kappa shape index (κ3) is 11.8. The predicted octanol–water partition coefficient (Wildman–Crippen LogP) is 9.33. The van der Waals surface area contributed by atoms with E-state index < -0.39 is 18.4 Å². The molecule has 0 fully saturated rings. The van der Waals surface area contributed by atoms with Crippen LogP contribution in [0.1, 0.15) is 76.0 Å². The molecule has 0 aliphatic rings. The Morgan fingerprint density at radius 2 is 1.42 bits per heavy atom. The van der Waals surface area contributed by atoms with Crippen molar-refractivity contribution in [2.45, 2.75) is 90.1 Å². The first kappa shape index (κ1) is 30.2. The molecule has 0 radical (unpaired) electrons. The fourth-order valence-electron chi connectivity index (χ4n) is 4.73. The number of H-pyrrole nitrogens is 1. The Morgan fingerprint density at radius 1 is 0.806 bits per heavy atom. The zero-order valence-electron chi connectivity index (χ0n) is 23.0. The molecule has 0 saturated heterocycles. The Hall–Kier alpha value is -2.01. The Balaban J connectivity index is 0.000000482. The van der Waals surface area contributed by atoms with Crippen molar-refractivity contribution >= 4 is 18.4 Å². The number of nitrogens with one attached hydrogen (secondary N) is 1. The average Bonchev–Trinajstić information content (AvgIpc) is 3.44. The second-order valence-electron chi connectivity index (χ2n) is 10.0. The molecule has 4 heteroatoms. The fourth-order valence-corrected chi connectivity index (χ4v) is 21.0. The second-order valence-corrected chi connectivity index (χ2v) is 23.9. The van der Waals surface area contributed by atoms with E-state index in [9.17, 15) is 0 Å². The number of ether oxygens (including phenoxy) is 1. The van der Waals surface area contributed by atoms with Gasteiger partial charge in [0.05, 0.1) is 6.20 Å². The molecule has 0 unspecified atom stereocenters. The standard InChI is InChI=1S/C14H13O.C6H8N2.3C4H9.Sn/c1-12-7-9-14(10-8-12)15-11-13-5-3-2-4-6-13;1-2-3-6-4-7-8-5-6;3*1-3-4-2;/h2-10H,1,11H2;2,4-5H,1,3H2,(H,7,8);3*1,3-4H2,2H3;. The van der Waals surface area contributed by atoms with E-state index in [1.807, 2.05) is 18.3 Å². The molecule has 36 heavy (non-hydrogen) atoms. The van der Waals surface area contributed by atoms with Gasteiger partial charge in [0.2, 0.25) is 0 Å². The van der Waals surface area contributed by atoms with Crippen molar-refractivity contribution in [1.29, 1.82) is 0 Å². The molecule has 0 saturated carbocycles. The monoisotopic (exact) mass is 596 g/mol. The van der Waals surface area contributed by atoms with Crippen LogP contribution in [0.2, 0.25) is 13.3 Å². The first-order valence-electron chi connectivity index (χ1n) is 14.0. The van der Waals surface area contributed by atoms with Crippen LogP contribution >= 0.6 is 0 Å². The van der Waals surface area contributed by atoms with Crippen LogP contribution in [0.4, 0.5) is 0 Å². The summed E-state index contributed by atoms with van der Waals surface area (Å²) in [6.07, 6.45) is 14.8. The number of allylic oxidation sites excluding steroid dienone is 1. The van der Waals surface area contributed by atoms with Crippen molar-refractivity contribution in [3.05, 3.63) is 96.3 Å². The first-order valence-corrected chi connectivity index (χ1v) is 22.1. The molecule has 0 spiro atoms. The van der Waals surface area contributed by atoms with Gasteiger partial charge in [0.15, 0.2) is 0 Å². The SMILES string of the molecule is C=CCc1cn[nH]c1.CCC[CH2][Sn]([CH2]CCC)([CH2]CCC)[CH2]c1ccc(OCc2ccccc2)cc1. The molecule has 3 rings (SSSR count). The minimum atomic E-state index is -2.10. The average molecular weight is 595 g/mol. The Bertz CT molecular complexity index is 901. The maximum atomic E-state index is 5.99. The van der Waals surface area contributed by atoms with E-state index in [1.165, 1.54) is 54.1 Å². The van der Waals surface area contributed by atoms with Crippen LogP contribution in [0.15, 0.2) is 79.6 Å². The van der Waals surface area contributed by atoms with Gasteiger partial charge >= 0.3 is 178 Å². The summed E-state index contributed by atoms with van der Waals surface area (Å²) in [6.45, 7) is 11.3. The van der Waals surface area contributed by atoms with E-state index in [0.717, 1.165) is 12.2 Å². The van der Waals surface area contributed by atoms with Crippen LogP contribution in [-0.4, -0.2) is 28.6 Å². The van der Waals surface area contributed by atoms with Crippen LogP contribution in [0.25, 0.3) is 0 Å². The number of aromatic amines is 1. The summed E-state index contributed by atoms with van der Waals surface area (Å²) in [7, 11) is 0. The van der Waals surface area contributed by atoms with Crippen LogP contribution < -0.4 is 4.74 Å². The molecular weight excluding hydrogens is 547 g/mol. The molecule has 3 aromatic rings. The molecular formula is C32H48N2OSn. The zero-order valence-corrected chi connectivity index (χ0v) is 25.8.